The van der Waals surface area contributed by atoms with E-state index in [1.54, 1.807) is 20.5 Å². The van der Waals surface area contributed by atoms with Crippen molar-refractivity contribution in [2.24, 2.45) is 0 Å². The third-order valence-electron chi connectivity index (χ3n) is 6.79. The van der Waals surface area contributed by atoms with E-state index < -0.39 is 6.10 Å². The average molecular weight is 497 g/mol. The summed E-state index contributed by atoms with van der Waals surface area (Å²) in [7, 11) is 3.31. The molecule has 0 fully saturated rings. The molecule has 0 bridgehead atoms. The Labute approximate surface area is 215 Å². The van der Waals surface area contributed by atoms with Gasteiger partial charge in [0.1, 0.15) is 30.0 Å². The van der Waals surface area contributed by atoms with Crippen molar-refractivity contribution in [3.63, 3.8) is 0 Å². The maximum Gasteiger partial charge on any atom is 0.226 e. The predicted octanol–water partition coefficient (Wildman–Crippen LogP) is 5.56. The number of rotatable bonds is 6. The number of ether oxygens (including phenoxy) is 4. The Morgan fingerprint density at radius 2 is 1.76 bits per heavy atom. The van der Waals surface area contributed by atoms with Gasteiger partial charge in [0.2, 0.25) is 5.95 Å². The van der Waals surface area contributed by atoms with E-state index in [-0.39, 0.29) is 6.04 Å². The van der Waals surface area contributed by atoms with E-state index in [9.17, 15) is 0 Å². The van der Waals surface area contributed by atoms with Crippen LogP contribution in [0.5, 0.6) is 23.0 Å². The maximum absolute atomic E-state index is 6.75. The minimum Gasteiger partial charge on any atom is -0.497 e. The van der Waals surface area contributed by atoms with Gasteiger partial charge in [-0.2, -0.15) is 10.1 Å². The lowest BCUT2D eigenvalue weighted by atomic mass is 9.84. The Balaban J connectivity index is 1.58. The van der Waals surface area contributed by atoms with Crippen LogP contribution in [0.25, 0.3) is 5.70 Å². The second-order valence-electron chi connectivity index (χ2n) is 9.00. The predicted molar refractivity (Wildman–Crippen MR) is 140 cm³/mol. The highest BCUT2D eigenvalue weighted by molar-refractivity contribution is 5.85. The number of aromatic nitrogens is 3. The van der Waals surface area contributed by atoms with Crippen LogP contribution >= 0.6 is 0 Å². The molecule has 8 heteroatoms. The lowest BCUT2D eigenvalue weighted by molar-refractivity contribution is 0.222. The molecule has 6 rings (SSSR count). The molecule has 2 unspecified atom stereocenters. The van der Waals surface area contributed by atoms with E-state index in [1.807, 2.05) is 48.0 Å². The first-order valence-corrected chi connectivity index (χ1v) is 12.2. The zero-order chi connectivity index (χ0) is 25.5. The van der Waals surface area contributed by atoms with Crippen LogP contribution in [0, 0.1) is 6.92 Å². The zero-order valence-electron chi connectivity index (χ0n) is 21.2. The molecule has 0 saturated carbocycles. The second-order valence-corrected chi connectivity index (χ2v) is 9.00. The topological polar surface area (TPSA) is 79.7 Å². The summed E-state index contributed by atoms with van der Waals surface area (Å²) >= 11 is 0. The molecule has 4 aromatic rings. The molecular weight excluding hydrogens is 468 g/mol. The summed E-state index contributed by atoms with van der Waals surface area (Å²) in [5, 5.41) is 8.15. The number of methoxy groups -OCH3 is 2. The van der Waals surface area contributed by atoms with Crippen LogP contribution in [0.1, 0.15) is 41.3 Å². The molecule has 8 nitrogen and oxygen atoms in total. The maximum atomic E-state index is 6.75. The minimum atomic E-state index is -0.410. The van der Waals surface area contributed by atoms with Crippen molar-refractivity contribution in [3.05, 3.63) is 94.8 Å². The van der Waals surface area contributed by atoms with Crippen LogP contribution in [0.2, 0.25) is 0 Å². The summed E-state index contributed by atoms with van der Waals surface area (Å²) in [5.41, 5.74) is 6.14. The molecule has 37 heavy (non-hydrogen) atoms. The van der Waals surface area contributed by atoms with Gasteiger partial charge in [0, 0.05) is 16.7 Å². The molecule has 0 spiro atoms. The fourth-order valence-electron chi connectivity index (χ4n) is 5.09. The molecule has 188 valence electrons. The normalized spacial score (nSPS) is 17.6. The van der Waals surface area contributed by atoms with Crippen molar-refractivity contribution in [1.29, 1.82) is 0 Å². The number of nitrogens with one attached hydrogen (secondary N) is 1. The van der Waals surface area contributed by atoms with Crippen LogP contribution in [0.3, 0.4) is 0 Å². The van der Waals surface area contributed by atoms with E-state index in [2.05, 4.69) is 46.6 Å². The second kappa shape index (κ2) is 9.20. The first-order valence-electron chi connectivity index (χ1n) is 12.2. The van der Waals surface area contributed by atoms with Gasteiger partial charge < -0.3 is 24.3 Å². The van der Waals surface area contributed by atoms with Crippen molar-refractivity contribution in [3.8, 4) is 23.0 Å². The largest absolute Gasteiger partial charge is 0.497 e. The summed E-state index contributed by atoms with van der Waals surface area (Å²) < 4.78 is 25.5. The number of aryl methyl sites for hydroxylation is 1. The van der Waals surface area contributed by atoms with Crippen molar-refractivity contribution in [2.45, 2.75) is 26.0 Å². The molecule has 0 aliphatic carbocycles. The quantitative estimate of drug-likeness (QED) is 0.374. The number of fused-ring (bicyclic) bond motifs is 3. The van der Waals surface area contributed by atoms with E-state index in [0.29, 0.717) is 24.1 Å². The van der Waals surface area contributed by atoms with E-state index in [4.69, 9.17) is 18.9 Å². The highest BCUT2D eigenvalue weighted by atomic mass is 16.5. The van der Waals surface area contributed by atoms with Crippen LogP contribution < -0.4 is 24.3 Å². The fraction of sp³-hybridized carbons (Fsp3) is 0.241. The lowest BCUT2D eigenvalue weighted by Crippen LogP contribution is -2.32. The Morgan fingerprint density at radius 3 is 2.51 bits per heavy atom. The Morgan fingerprint density at radius 1 is 0.946 bits per heavy atom. The minimum absolute atomic E-state index is 0.254. The van der Waals surface area contributed by atoms with Gasteiger partial charge in [-0.25, -0.2) is 4.68 Å². The molecule has 2 aliphatic heterocycles. The third kappa shape index (κ3) is 3.85. The summed E-state index contributed by atoms with van der Waals surface area (Å²) in [5.74, 6) is 3.63. The highest BCUT2D eigenvalue weighted by Crippen LogP contribution is 2.51. The van der Waals surface area contributed by atoms with Gasteiger partial charge in [-0.3, -0.25) is 0 Å². The molecular formula is C29H28N4O4. The Kier molecular flexibility index (Phi) is 5.71. The fourth-order valence-corrected chi connectivity index (χ4v) is 5.09. The average Bonchev–Trinajstić information content (AvgIpc) is 3.40. The smallest absolute Gasteiger partial charge is 0.226 e. The van der Waals surface area contributed by atoms with Gasteiger partial charge in [0.05, 0.1) is 26.5 Å². The lowest BCUT2D eigenvalue weighted by Gasteiger charge is -2.39. The molecule has 3 aromatic carbocycles. The van der Waals surface area contributed by atoms with Crippen LogP contribution in [0.4, 0.5) is 5.95 Å². The molecule has 2 atom stereocenters. The third-order valence-corrected chi connectivity index (χ3v) is 6.79. The van der Waals surface area contributed by atoms with E-state index in [1.165, 1.54) is 0 Å². The Bertz CT molecular complexity index is 1490. The molecule has 1 N–H and O–H groups in total. The van der Waals surface area contributed by atoms with Gasteiger partial charge in [0.15, 0.2) is 11.5 Å². The van der Waals surface area contributed by atoms with Crippen molar-refractivity contribution >= 4 is 11.6 Å². The first kappa shape index (κ1) is 23.0. The molecule has 3 heterocycles. The zero-order valence-corrected chi connectivity index (χ0v) is 21.2. The van der Waals surface area contributed by atoms with Gasteiger partial charge in [-0.15, -0.1) is 0 Å². The molecule has 2 aliphatic rings. The number of nitrogens with zero attached hydrogens (tertiary/aromatic N) is 3. The van der Waals surface area contributed by atoms with E-state index >= 15 is 0 Å². The first-order chi connectivity index (χ1) is 18.1. The Hall–Kier alpha value is -4.46. The standard InChI is InChI=1S/C29H28N4O4/c1-5-36-23-13-9-19(15-24(23)35-4)28-25-26(21-14-17(2)6-12-22(21)37-28)32-29-30-16-31-33(29)27(25)18-7-10-20(34-3)11-8-18/h6-16,27-28H,5H2,1-4H3,(H,30,31,32). The summed E-state index contributed by atoms with van der Waals surface area (Å²) in [6.07, 6.45) is 1.16. The van der Waals surface area contributed by atoms with Gasteiger partial charge in [0.25, 0.3) is 0 Å². The number of hydrogen-bond donors (Lipinski definition) is 1. The van der Waals surface area contributed by atoms with Gasteiger partial charge >= 0.3 is 0 Å². The van der Waals surface area contributed by atoms with Gasteiger partial charge in [-0.05, 0) is 55.8 Å². The number of hydrogen-bond acceptors (Lipinski definition) is 7. The molecule has 0 radical (unpaired) electrons. The van der Waals surface area contributed by atoms with Gasteiger partial charge in [-0.1, -0.05) is 29.8 Å². The monoisotopic (exact) mass is 496 g/mol. The summed E-state index contributed by atoms with van der Waals surface area (Å²) in [6, 6.07) is 20.0. The molecule has 1 aromatic heterocycles. The van der Waals surface area contributed by atoms with Crippen molar-refractivity contribution in [1.82, 2.24) is 14.8 Å². The van der Waals surface area contributed by atoms with Crippen LogP contribution in [-0.4, -0.2) is 35.6 Å². The molecule has 0 saturated heterocycles. The number of anilines is 1. The van der Waals surface area contributed by atoms with Crippen molar-refractivity contribution < 1.29 is 18.9 Å². The summed E-state index contributed by atoms with van der Waals surface area (Å²) in [6.45, 7) is 4.59. The SMILES string of the molecule is CCOc1ccc(C2Oc3ccc(C)cc3C3=C2C(c2ccc(OC)cc2)n2ncnc2N3)cc1OC. The highest BCUT2D eigenvalue weighted by Gasteiger charge is 2.41. The summed E-state index contributed by atoms with van der Waals surface area (Å²) in [4.78, 5) is 4.51. The number of benzene rings is 3. The van der Waals surface area contributed by atoms with Crippen molar-refractivity contribution in [2.75, 3.05) is 26.1 Å². The molecule has 0 amide bonds. The van der Waals surface area contributed by atoms with Crippen LogP contribution in [-0.2, 0) is 0 Å². The van der Waals surface area contributed by atoms with Crippen LogP contribution in [0.15, 0.2) is 72.6 Å². The van der Waals surface area contributed by atoms with E-state index in [0.717, 1.165) is 45.0 Å².